The highest BCUT2D eigenvalue weighted by atomic mass is 16.4. The smallest absolute Gasteiger partial charge is 0.122 e. The summed E-state index contributed by atoms with van der Waals surface area (Å²) in [6, 6.07) is 9.59. The highest BCUT2D eigenvalue weighted by Crippen LogP contribution is 2.18. The molecule has 0 saturated heterocycles. The predicted molar refractivity (Wildman–Crippen MR) is 244 cm³/mol. The van der Waals surface area contributed by atoms with E-state index in [1.165, 1.54) is 153 Å². The largest absolute Gasteiger partial charge is 0.547 e. The summed E-state index contributed by atoms with van der Waals surface area (Å²) in [6.07, 6.45) is 12.3. The Morgan fingerprint density at radius 1 is 0.438 bits per heavy atom. The number of benzene rings is 1. The summed E-state index contributed by atoms with van der Waals surface area (Å²) >= 11 is 0. The van der Waals surface area contributed by atoms with Crippen LogP contribution in [-0.4, -0.2) is 175 Å². The highest BCUT2D eigenvalue weighted by molar-refractivity contribution is 5.70. The van der Waals surface area contributed by atoms with Crippen molar-refractivity contribution >= 4 is 11.9 Å². The zero-order valence-corrected chi connectivity index (χ0v) is 40.3. The molecule has 0 saturated carbocycles. The van der Waals surface area contributed by atoms with Gasteiger partial charge in [0, 0.05) is 11.1 Å². The molecule has 16 heteroatoms. The van der Waals surface area contributed by atoms with Crippen molar-refractivity contribution < 1.29 is 79.8 Å². The lowest BCUT2D eigenvalue weighted by Crippen LogP contribution is -2.52. The lowest BCUT2D eigenvalue weighted by atomic mass is 10.0. The van der Waals surface area contributed by atoms with Crippen LogP contribution >= 0.6 is 0 Å². The van der Waals surface area contributed by atoms with E-state index in [1.807, 2.05) is 0 Å². The summed E-state index contributed by atoms with van der Waals surface area (Å²) in [5, 5.41) is 107. The summed E-state index contributed by atoms with van der Waals surface area (Å²) < 4.78 is 2.22. The molecule has 0 aliphatic rings. The van der Waals surface area contributed by atoms with Crippen LogP contribution in [0.15, 0.2) is 24.3 Å². The quantitative estimate of drug-likeness (QED) is 0.0333. The van der Waals surface area contributed by atoms with Crippen LogP contribution in [0.25, 0.3) is 0 Å². The topological polar surface area (TPSA) is 283 Å². The van der Waals surface area contributed by atoms with Crippen molar-refractivity contribution in [2.45, 2.75) is 204 Å². The number of nitrogens with zero attached hydrogens (tertiary/aromatic N) is 2. The standard InChI is InChI=1S/C36H70N2.2C6H12O7/c1-7-9-11-13-15-17-19-21-23-25-31-37(3,4)33-35-27-29-36(30-28-35)34-38(5,6)32-26-24-22-20-18-16-14-12-10-8-2;2*7-1-2(8)3(9)4(10)5(11)6(12)13/h27-30H,7-26,31-34H2,1-6H3;2*2-5,7-11H,1H2,(H,12,13)/q+2;;/p-2/t;2*2-,3-,4+,5-/m.11/s1. The van der Waals surface area contributed by atoms with Crippen molar-refractivity contribution in [2.75, 3.05) is 54.5 Å². The van der Waals surface area contributed by atoms with E-state index in [0.29, 0.717) is 0 Å². The Morgan fingerprint density at radius 2 is 0.672 bits per heavy atom. The molecule has 0 bridgehead atoms. The second-order valence-corrected chi connectivity index (χ2v) is 18.8. The monoisotopic (exact) mass is 921 g/mol. The molecule has 0 heterocycles. The fourth-order valence-electron chi connectivity index (χ4n) is 7.27. The number of aliphatic carboxylic acids is 2. The van der Waals surface area contributed by atoms with Gasteiger partial charge >= 0.3 is 0 Å². The van der Waals surface area contributed by atoms with Gasteiger partial charge in [0.05, 0.1) is 66.4 Å². The first-order valence-corrected chi connectivity index (χ1v) is 23.9. The Balaban J connectivity index is 0. The maximum absolute atomic E-state index is 9.98. The maximum Gasteiger partial charge on any atom is 0.122 e. The number of carbonyl (C=O) groups excluding carboxylic acids is 2. The third kappa shape index (κ3) is 32.4. The van der Waals surface area contributed by atoms with Gasteiger partial charge in [0.15, 0.2) is 0 Å². The maximum atomic E-state index is 9.98. The number of carbonyl (C=O) groups is 2. The zero-order chi connectivity index (χ0) is 49.1. The van der Waals surface area contributed by atoms with Crippen molar-refractivity contribution in [2.24, 2.45) is 0 Å². The van der Waals surface area contributed by atoms with Gasteiger partial charge in [0.25, 0.3) is 0 Å². The fourth-order valence-corrected chi connectivity index (χ4v) is 7.27. The molecule has 64 heavy (non-hydrogen) atoms. The Bertz CT molecular complexity index is 1180. The SMILES string of the molecule is CCCCCCCCCCCC[N+](C)(C)Cc1ccc(C[N+](C)(C)CCCCCCCCCCCC)cc1.O=C([O-])[C@H](O)[C@@H](O)[C@H](O)[C@H](O)CO.O=C([O-])[C@H](O)[C@@H](O)[C@H](O)[C@H](O)CO. The summed E-state index contributed by atoms with van der Waals surface area (Å²) in [7, 11) is 9.64. The lowest BCUT2D eigenvalue weighted by molar-refractivity contribution is -0.904. The average molecular weight is 921 g/mol. The van der Waals surface area contributed by atoms with Gasteiger partial charge in [-0.3, -0.25) is 0 Å². The van der Waals surface area contributed by atoms with Crippen LogP contribution in [-0.2, 0) is 22.7 Å². The Hall–Kier alpha value is -2.32. The summed E-state index contributed by atoms with van der Waals surface area (Å²) in [6.45, 7) is 7.76. The number of aliphatic hydroxyl groups is 10. The first-order chi connectivity index (χ1) is 30.1. The Kier molecular flexibility index (Phi) is 37.6. The van der Waals surface area contributed by atoms with Crippen molar-refractivity contribution in [1.29, 1.82) is 0 Å². The molecule has 0 aliphatic heterocycles. The number of unbranched alkanes of at least 4 members (excludes halogenated alkanes) is 18. The first kappa shape index (κ1) is 63.8. The molecule has 16 nitrogen and oxygen atoms in total. The third-order valence-electron chi connectivity index (χ3n) is 11.5. The highest BCUT2D eigenvalue weighted by Gasteiger charge is 2.31. The molecule has 378 valence electrons. The van der Waals surface area contributed by atoms with E-state index in [0.717, 1.165) is 22.1 Å². The lowest BCUT2D eigenvalue weighted by Gasteiger charge is -2.31. The summed E-state index contributed by atoms with van der Waals surface area (Å²) in [5.41, 5.74) is 2.98. The molecule has 0 amide bonds. The predicted octanol–water partition coefficient (Wildman–Crippen LogP) is 1.03. The number of carboxylic acid groups (broad SMARTS) is 2. The van der Waals surface area contributed by atoms with Crippen LogP contribution in [0.3, 0.4) is 0 Å². The first-order valence-electron chi connectivity index (χ1n) is 23.9. The minimum absolute atomic E-state index is 0.863. The summed E-state index contributed by atoms with van der Waals surface area (Å²) in [4.78, 5) is 20.0. The van der Waals surface area contributed by atoms with Crippen LogP contribution in [0.2, 0.25) is 0 Å². The van der Waals surface area contributed by atoms with Gasteiger partial charge in [-0.25, -0.2) is 0 Å². The molecule has 0 unspecified atom stereocenters. The molecule has 1 aromatic rings. The normalized spacial score (nSPS) is 15.6. The Labute approximate surface area is 385 Å². The molecule has 0 aromatic heterocycles. The molecule has 0 aliphatic carbocycles. The second-order valence-electron chi connectivity index (χ2n) is 18.8. The molecular weight excluding hydrogens is 829 g/mol. The number of quaternary nitrogens is 2. The molecular formula is C48H92N2O14. The molecule has 1 aromatic carbocycles. The Morgan fingerprint density at radius 3 is 0.891 bits per heavy atom. The van der Waals surface area contributed by atoms with E-state index >= 15 is 0 Å². The van der Waals surface area contributed by atoms with Gasteiger partial charge in [0.1, 0.15) is 61.9 Å². The van der Waals surface area contributed by atoms with E-state index in [9.17, 15) is 19.8 Å². The number of aliphatic hydroxyl groups excluding tert-OH is 10. The van der Waals surface area contributed by atoms with Gasteiger partial charge in [-0.05, 0) is 25.7 Å². The van der Waals surface area contributed by atoms with E-state index in [-0.39, 0.29) is 0 Å². The van der Waals surface area contributed by atoms with Crippen molar-refractivity contribution in [1.82, 2.24) is 0 Å². The number of hydrogen-bond acceptors (Lipinski definition) is 14. The molecule has 0 radical (unpaired) electrons. The number of hydrogen-bond donors (Lipinski definition) is 10. The van der Waals surface area contributed by atoms with Gasteiger partial charge in [-0.2, -0.15) is 0 Å². The van der Waals surface area contributed by atoms with Crippen LogP contribution in [0.5, 0.6) is 0 Å². The van der Waals surface area contributed by atoms with E-state index in [4.69, 9.17) is 51.1 Å². The van der Waals surface area contributed by atoms with Gasteiger partial charge in [-0.15, -0.1) is 0 Å². The number of rotatable bonds is 36. The summed E-state index contributed by atoms with van der Waals surface area (Å²) in [5.74, 6) is -3.95. The van der Waals surface area contributed by atoms with Crippen molar-refractivity contribution in [3.63, 3.8) is 0 Å². The average Bonchev–Trinajstić information content (AvgIpc) is 3.26. The van der Waals surface area contributed by atoms with Crippen molar-refractivity contribution in [3.8, 4) is 0 Å². The van der Waals surface area contributed by atoms with Crippen LogP contribution in [0.1, 0.15) is 153 Å². The van der Waals surface area contributed by atoms with E-state index < -0.39 is 74.0 Å². The molecule has 10 N–H and O–H groups in total. The van der Waals surface area contributed by atoms with Crippen LogP contribution in [0.4, 0.5) is 0 Å². The molecule has 1 rings (SSSR count). The number of carboxylic acids is 2. The third-order valence-corrected chi connectivity index (χ3v) is 11.5. The van der Waals surface area contributed by atoms with Crippen molar-refractivity contribution in [3.05, 3.63) is 35.4 Å². The molecule has 0 fully saturated rings. The van der Waals surface area contributed by atoms with Gasteiger partial charge in [-0.1, -0.05) is 141 Å². The van der Waals surface area contributed by atoms with E-state index in [1.54, 1.807) is 0 Å². The zero-order valence-electron chi connectivity index (χ0n) is 40.3. The molecule has 0 spiro atoms. The second kappa shape index (κ2) is 37.7. The van der Waals surface area contributed by atoms with E-state index in [2.05, 4.69) is 66.3 Å². The van der Waals surface area contributed by atoms with Crippen LogP contribution < -0.4 is 10.2 Å². The molecule has 8 atom stereocenters. The fraction of sp³-hybridized carbons (Fsp3) is 0.833. The minimum Gasteiger partial charge on any atom is -0.547 e. The van der Waals surface area contributed by atoms with Gasteiger partial charge in [0.2, 0.25) is 0 Å². The van der Waals surface area contributed by atoms with Gasteiger partial charge < -0.3 is 79.8 Å². The van der Waals surface area contributed by atoms with Crippen LogP contribution in [0, 0.1) is 0 Å². The minimum atomic E-state index is -2.31.